The first-order valence-corrected chi connectivity index (χ1v) is 12.2. The Hall–Kier alpha value is -2.74. The first kappa shape index (κ1) is 24.9. The number of rotatable bonds is 9. The van der Waals surface area contributed by atoms with E-state index in [2.05, 4.69) is 0 Å². The van der Waals surface area contributed by atoms with Gasteiger partial charge in [0.25, 0.3) is 0 Å². The summed E-state index contributed by atoms with van der Waals surface area (Å²) in [6, 6.07) is 18.5. The third kappa shape index (κ3) is 6.19. The predicted octanol–water partition coefficient (Wildman–Crippen LogP) is 5.54. The normalized spacial score (nSPS) is 12.5. The number of esters is 1. The number of hydrogen-bond acceptors (Lipinski definition) is 4. The molecule has 0 radical (unpaired) electrons. The van der Waals surface area contributed by atoms with Gasteiger partial charge in [-0.1, -0.05) is 54.9 Å². The Balaban J connectivity index is 2.00. The van der Waals surface area contributed by atoms with Crippen molar-refractivity contribution < 1.29 is 22.3 Å². The minimum absolute atomic E-state index is 0.0966. The van der Waals surface area contributed by atoms with Crippen molar-refractivity contribution >= 4 is 27.6 Å². The number of benzene rings is 3. The van der Waals surface area contributed by atoms with E-state index in [-0.39, 0.29) is 29.6 Å². The van der Waals surface area contributed by atoms with Crippen LogP contribution in [0.15, 0.2) is 77.7 Å². The van der Waals surface area contributed by atoms with Crippen LogP contribution in [0.1, 0.15) is 36.1 Å². The predicted molar refractivity (Wildman–Crippen MR) is 126 cm³/mol. The first-order chi connectivity index (χ1) is 15.7. The molecule has 0 aliphatic heterocycles. The molecule has 33 heavy (non-hydrogen) atoms. The fraction of sp³-hybridized carbons (Fsp3) is 0.240. The van der Waals surface area contributed by atoms with Crippen molar-refractivity contribution in [1.82, 2.24) is 4.31 Å². The van der Waals surface area contributed by atoms with Gasteiger partial charge >= 0.3 is 5.97 Å². The monoisotopic (exact) mass is 489 g/mol. The van der Waals surface area contributed by atoms with Crippen LogP contribution in [-0.2, 0) is 32.5 Å². The minimum Gasteiger partial charge on any atom is -0.469 e. The highest BCUT2D eigenvalue weighted by Crippen LogP contribution is 2.32. The largest absolute Gasteiger partial charge is 0.469 e. The van der Waals surface area contributed by atoms with E-state index in [1.54, 1.807) is 36.4 Å². The molecule has 0 fully saturated rings. The van der Waals surface area contributed by atoms with Gasteiger partial charge < -0.3 is 4.74 Å². The molecule has 0 amide bonds. The molecule has 0 N–H and O–H groups in total. The topological polar surface area (TPSA) is 63.7 Å². The van der Waals surface area contributed by atoms with E-state index in [1.165, 1.54) is 47.8 Å². The van der Waals surface area contributed by atoms with Gasteiger partial charge in [-0.15, -0.1) is 0 Å². The number of sulfonamides is 1. The molecule has 5 nitrogen and oxygen atoms in total. The molecule has 174 valence electrons. The van der Waals surface area contributed by atoms with Gasteiger partial charge in [-0.2, -0.15) is 4.31 Å². The maximum Gasteiger partial charge on any atom is 0.309 e. The van der Waals surface area contributed by atoms with E-state index in [9.17, 15) is 17.6 Å². The van der Waals surface area contributed by atoms with Crippen LogP contribution in [0.2, 0.25) is 5.02 Å². The smallest absolute Gasteiger partial charge is 0.309 e. The van der Waals surface area contributed by atoms with Crippen LogP contribution >= 0.6 is 11.6 Å². The Labute approximate surface area is 198 Å². The molecular weight excluding hydrogens is 465 g/mol. The van der Waals surface area contributed by atoms with Crippen molar-refractivity contribution in [3.63, 3.8) is 0 Å². The van der Waals surface area contributed by atoms with E-state index >= 15 is 0 Å². The molecule has 3 aromatic carbocycles. The summed E-state index contributed by atoms with van der Waals surface area (Å²) in [6.07, 6.45) is 0.621. The average Bonchev–Trinajstić information content (AvgIpc) is 2.81. The maximum absolute atomic E-state index is 13.7. The van der Waals surface area contributed by atoms with Crippen molar-refractivity contribution in [3.05, 3.63) is 100 Å². The van der Waals surface area contributed by atoms with Crippen LogP contribution in [-0.4, -0.2) is 25.8 Å². The van der Waals surface area contributed by atoms with E-state index in [4.69, 9.17) is 16.3 Å². The average molecular weight is 490 g/mol. The summed E-state index contributed by atoms with van der Waals surface area (Å²) in [5.74, 6) is -0.737. The van der Waals surface area contributed by atoms with Crippen LogP contribution in [0.5, 0.6) is 0 Å². The zero-order chi connectivity index (χ0) is 24.0. The minimum atomic E-state index is -3.91. The molecule has 0 saturated carbocycles. The fourth-order valence-electron chi connectivity index (χ4n) is 3.58. The molecule has 8 heteroatoms. The molecule has 0 heterocycles. The number of hydrogen-bond donors (Lipinski definition) is 0. The third-order valence-corrected chi connectivity index (χ3v) is 7.47. The highest BCUT2D eigenvalue weighted by Gasteiger charge is 2.32. The zero-order valence-electron chi connectivity index (χ0n) is 18.4. The molecule has 1 unspecified atom stereocenters. The Morgan fingerprint density at radius 3 is 2.09 bits per heavy atom. The quantitative estimate of drug-likeness (QED) is 0.370. The molecule has 3 rings (SSSR count). The highest BCUT2D eigenvalue weighted by molar-refractivity contribution is 7.89. The summed E-state index contributed by atoms with van der Waals surface area (Å²) in [6.45, 7) is 1.98. The first-order valence-electron chi connectivity index (χ1n) is 10.4. The Bertz CT molecular complexity index is 1180. The SMILES string of the molecule is CCC(c1ccc(F)cc1)N(Cc1ccc(CC(=O)OC)cc1)S(=O)(=O)c1ccc(Cl)cc1. The molecule has 1 atom stereocenters. The van der Waals surface area contributed by atoms with Gasteiger partial charge in [-0.25, -0.2) is 12.8 Å². The molecule has 0 aliphatic rings. The lowest BCUT2D eigenvalue weighted by Gasteiger charge is -2.31. The molecule has 0 bridgehead atoms. The van der Waals surface area contributed by atoms with Crippen molar-refractivity contribution in [1.29, 1.82) is 0 Å². The molecule has 0 aromatic heterocycles. The standard InChI is InChI=1S/C25H25ClFNO4S/c1-3-24(20-8-12-22(27)13-9-20)28(33(30,31)23-14-10-21(26)11-15-23)17-19-6-4-18(5-7-19)16-25(29)32-2/h4-15,24H,3,16-17H2,1-2H3. The van der Waals surface area contributed by atoms with Crippen LogP contribution in [0.3, 0.4) is 0 Å². The molecule has 0 saturated heterocycles. The van der Waals surface area contributed by atoms with Gasteiger partial charge in [0.2, 0.25) is 10.0 Å². The second kappa shape index (κ2) is 10.9. The van der Waals surface area contributed by atoms with Crippen LogP contribution in [0.25, 0.3) is 0 Å². The van der Waals surface area contributed by atoms with Crippen molar-refractivity contribution in [3.8, 4) is 0 Å². The van der Waals surface area contributed by atoms with Gasteiger partial charge in [0, 0.05) is 11.6 Å². The van der Waals surface area contributed by atoms with E-state index in [0.29, 0.717) is 17.0 Å². The fourth-order valence-corrected chi connectivity index (χ4v) is 5.38. The molecular formula is C25H25ClFNO4S. The van der Waals surface area contributed by atoms with E-state index in [0.717, 1.165) is 11.1 Å². The summed E-state index contributed by atoms with van der Waals surface area (Å²) in [5, 5.41) is 0.437. The highest BCUT2D eigenvalue weighted by atomic mass is 35.5. The van der Waals surface area contributed by atoms with E-state index < -0.39 is 16.1 Å². The van der Waals surface area contributed by atoms with Crippen molar-refractivity contribution in [2.75, 3.05) is 7.11 Å². The van der Waals surface area contributed by atoms with Crippen LogP contribution in [0.4, 0.5) is 4.39 Å². The summed E-state index contributed by atoms with van der Waals surface area (Å²) >= 11 is 5.96. The lowest BCUT2D eigenvalue weighted by atomic mass is 10.0. The second-order valence-electron chi connectivity index (χ2n) is 7.55. The number of nitrogens with zero attached hydrogens (tertiary/aromatic N) is 1. The van der Waals surface area contributed by atoms with Crippen LogP contribution in [0, 0.1) is 5.82 Å². The van der Waals surface area contributed by atoms with Gasteiger partial charge in [0.15, 0.2) is 0 Å². The number of carbonyl (C=O) groups excluding carboxylic acids is 1. The summed E-state index contributed by atoms with van der Waals surface area (Å²) in [7, 11) is -2.58. The van der Waals surface area contributed by atoms with Crippen LogP contribution < -0.4 is 0 Å². The molecule has 3 aromatic rings. The Morgan fingerprint density at radius 1 is 0.970 bits per heavy atom. The molecule has 0 spiro atoms. The van der Waals surface area contributed by atoms with Gasteiger partial charge in [0.05, 0.1) is 24.5 Å². The molecule has 0 aliphatic carbocycles. The van der Waals surface area contributed by atoms with Gasteiger partial charge in [0.1, 0.15) is 5.82 Å². The maximum atomic E-state index is 13.7. The number of methoxy groups -OCH3 is 1. The third-order valence-electron chi connectivity index (χ3n) is 5.35. The van der Waals surface area contributed by atoms with Crippen molar-refractivity contribution in [2.45, 2.75) is 37.2 Å². The lowest BCUT2D eigenvalue weighted by Crippen LogP contribution is -2.34. The summed E-state index contributed by atoms with van der Waals surface area (Å²) in [5.41, 5.74) is 2.21. The summed E-state index contributed by atoms with van der Waals surface area (Å²) < 4.78 is 47.0. The number of carbonyl (C=O) groups is 1. The zero-order valence-corrected chi connectivity index (χ0v) is 19.9. The van der Waals surface area contributed by atoms with Crippen molar-refractivity contribution in [2.24, 2.45) is 0 Å². The number of halogens is 2. The van der Waals surface area contributed by atoms with Gasteiger partial charge in [-0.3, -0.25) is 4.79 Å². The second-order valence-corrected chi connectivity index (χ2v) is 9.88. The lowest BCUT2D eigenvalue weighted by molar-refractivity contribution is -0.139. The summed E-state index contributed by atoms with van der Waals surface area (Å²) in [4.78, 5) is 11.6. The van der Waals surface area contributed by atoms with E-state index in [1.807, 2.05) is 6.92 Å². The Kier molecular flexibility index (Phi) is 8.24. The van der Waals surface area contributed by atoms with Gasteiger partial charge in [-0.05, 0) is 59.5 Å². The number of ether oxygens (including phenoxy) is 1. The Morgan fingerprint density at radius 2 is 1.55 bits per heavy atom.